The number of carbonyl (C=O) groups excluding carboxylic acids is 1. The first-order valence-electron chi connectivity index (χ1n) is 6.27. The van der Waals surface area contributed by atoms with Crippen molar-refractivity contribution in [3.8, 4) is 5.75 Å². The number of hydrogen-bond donors (Lipinski definition) is 0. The molecule has 0 radical (unpaired) electrons. The summed E-state index contributed by atoms with van der Waals surface area (Å²) in [6.45, 7) is 1.79. The summed E-state index contributed by atoms with van der Waals surface area (Å²) in [6, 6.07) is 15.4. The molecule has 0 fully saturated rings. The maximum absolute atomic E-state index is 11.6. The van der Waals surface area contributed by atoms with Crippen LogP contribution < -0.4 is 4.74 Å². The molecule has 0 atom stereocenters. The summed E-state index contributed by atoms with van der Waals surface area (Å²) in [5.41, 5.74) is 1.67. The quantitative estimate of drug-likeness (QED) is 0.515. The number of carbonyl (C=O) groups is 1. The highest BCUT2D eigenvalue weighted by molar-refractivity contribution is 6.02. The lowest BCUT2D eigenvalue weighted by atomic mass is 10.1. The summed E-state index contributed by atoms with van der Waals surface area (Å²) >= 11 is 0. The van der Waals surface area contributed by atoms with E-state index >= 15 is 0 Å². The number of benzene rings is 2. The Balaban J connectivity index is 2.36. The number of pyridine rings is 1. The Morgan fingerprint density at radius 3 is 2.05 bits per heavy atom. The molecule has 0 bridgehead atoms. The van der Waals surface area contributed by atoms with Crippen LogP contribution in [-0.2, 0) is 4.79 Å². The van der Waals surface area contributed by atoms with Crippen molar-refractivity contribution >= 4 is 27.8 Å². The lowest BCUT2D eigenvalue weighted by molar-refractivity contribution is -0.133. The van der Waals surface area contributed by atoms with Crippen LogP contribution in [-0.4, -0.2) is 11.0 Å². The second-order valence-electron chi connectivity index (χ2n) is 4.30. The molecule has 0 aliphatic carbocycles. The smallest absolute Gasteiger partial charge is 0.310 e. The average Bonchev–Trinajstić information content (AvgIpc) is 2.46. The van der Waals surface area contributed by atoms with Crippen LogP contribution in [0.25, 0.3) is 21.8 Å². The largest absolute Gasteiger partial charge is 0.425 e. The zero-order valence-corrected chi connectivity index (χ0v) is 10.6. The minimum absolute atomic E-state index is 0.235. The number of nitrogens with zero attached hydrogens (tertiary/aromatic N) is 1. The minimum atomic E-state index is -0.235. The number of esters is 1. The van der Waals surface area contributed by atoms with Gasteiger partial charge in [-0.25, -0.2) is 4.98 Å². The van der Waals surface area contributed by atoms with Gasteiger partial charge in [-0.1, -0.05) is 31.2 Å². The lowest BCUT2D eigenvalue weighted by Gasteiger charge is -2.10. The van der Waals surface area contributed by atoms with Crippen molar-refractivity contribution in [1.82, 2.24) is 4.98 Å². The molecule has 0 aliphatic heterocycles. The van der Waals surface area contributed by atoms with Crippen LogP contribution in [0.2, 0.25) is 0 Å². The zero-order chi connectivity index (χ0) is 13.2. The van der Waals surface area contributed by atoms with Crippen molar-refractivity contribution in [2.24, 2.45) is 0 Å². The van der Waals surface area contributed by atoms with E-state index in [2.05, 4.69) is 4.98 Å². The first-order chi connectivity index (χ1) is 9.29. The highest BCUT2D eigenvalue weighted by Gasteiger charge is 2.12. The minimum Gasteiger partial charge on any atom is -0.425 e. The van der Waals surface area contributed by atoms with E-state index in [0.29, 0.717) is 12.2 Å². The fourth-order valence-electron chi connectivity index (χ4n) is 2.10. The van der Waals surface area contributed by atoms with Crippen LogP contribution in [0.15, 0.2) is 48.5 Å². The monoisotopic (exact) mass is 251 g/mol. The molecule has 0 unspecified atom stereocenters. The molecule has 3 heteroatoms. The van der Waals surface area contributed by atoms with Gasteiger partial charge in [0.1, 0.15) is 5.75 Å². The summed E-state index contributed by atoms with van der Waals surface area (Å²) in [5.74, 6) is 0.370. The second kappa shape index (κ2) is 4.69. The molecule has 3 rings (SSSR count). The maximum Gasteiger partial charge on any atom is 0.310 e. The van der Waals surface area contributed by atoms with Crippen LogP contribution in [0.5, 0.6) is 5.75 Å². The number of para-hydroxylation sites is 2. The van der Waals surface area contributed by atoms with Gasteiger partial charge < -0.3 is 4.74 Å². The molecule has 2 aromatic carbocycles. The lowest BCUT2D eigenvalue weighted by Crippen LogP contribution is -2.06. The van der Waals surface area contributed by atoms with E-state index in [1.165, 1.54) is 0 Å². The van der Waals surface area contributed by atoms with Crippen molar-refractivity contribution in [1.29, 1.82) is 0 Å². The molecule has 3 aromatic rings. The van der Waals surface area contributed by atoms with Gasteiger partial charge in [-0.3, -0.25) is 4.79 Å². The first kappa shape index (κ1) is 11.7. The van der Waals surface area contributed by atoms with E-state index in [-0.39, 0.29) is 5.97 Å². The summed E-state index contributed by atoms with van der Waals surface area (Å²) in [7, 11) is 0. The molecular weight excluding hydrogens is 238 g/mol. The Hall–Kier alpha value is -2.42. The fourth-order valence-corrected chi connectivity index (χ4v) is 2.10. The second-order valence-corrected chi connectivity index (χ2v) is 4.30. The normalized spacial score (nSPS) is 10.8. The van der Waals surface area contributed by atoms with Crippen molar-refractivity contribution in [2.45, 2.75) is 13.3 Å². The first-order valence-corrected chi connectivity index (χ1v) is 6.27. The summed E-state index contributed by atoms with van der Waals surface area (Å²) < 4.78 is 5.51. The molecule has 0 N–H and O–H groups in total. The van der Waals surface area contributed by atoms with Crippen molar-refractivity contribution in [3.05, 3.63) is 48.5 Å². The SMILES string of the molecule is CCC(=O)Oc1c2ccccc2nc2ccccc12. The van der Waals surface area contributed by atoms with Gasteiger partial charge in [-0.2, -0.15) is 0 Å². The van der Waals surface area contributed by atoms with Gasteiger partial charge in [0.15, 0.2) is 0 Å². The van der Waals surface area contributed by atoms with Gasteiger partial charge >= 0.3 is 5.97 Å². The molecule has 0 amide bonds. The Labute approximate surface area is 110 Å². The molecule has 19 heavy (non-hydrogen) atoms. The maximum atomic E-state index is 11.6. The van der Waals surface area contributed by atoms with Crippen LogP contribution in [0, 0.1) is 0 Å². The van der Waals surface area contributed by atoms with Gasteiger partial charge in [-0.05, 0) is 24.3 Å². The standard InChI is InChI=1S/C16H13NO2/c1-2-15(18)19-16-11-7-3-5-9-13(11)17-14-10-6-4-8-12(14)16/h3-10H,2H2,1H3. The van der Waals surface area contributed by atoms with E-state index in [4.69, 9.17) is 4.74 Å². The molecular formula is C16H13NO2. The third-order valence-electron chi connectivity index (χ3n) is 3.04. The van der Waals surface area contributed by atoms with Gasteiger partial charge in [0, 0.05) is 17.2 Å². The Morgan fingerprint density at radius 2 is 1.53 bits per heavy atom. The highest BCUT2D eigenvalue weighted by Crippen LogP contribution is 2.32. The molecule has 3 nitrogen and oxygen atoms in total. The molecule has 1 aromatic heterocycles. The number of rotatable bonds is 2. The highest BCUT2D eigenvalue weighted by atomic mass is 16.5. The van der Waals surface area contributed by atoms with Crippen LogP contribution >= 0.6 is 0 Å². The van der Waals surface area contributed by atoms with Crippen LogP contribution in [0.4, 0.5) is 0 Å². The van der Waals surface area contributed by atoms with Gasteiger partial charge in [0.25, 0.3) is 0 Å². The van der Waals surface area contributed by atoms with Gasteiger partial charge in [0.05, 0.1) is 11.0 Å². The summed E-state index contributed by atoms with van der Waals surface area (Å²) in [4.78, 5) is 16.2. The Kier molecular flexibility index (Phi) is 2.88. The number of aromatic nitrogens is 1. The summed E-state index contributed by atoms with van der Waals surface area (Å²) in [6.07, 6.45) is 0.352. The number of fused-ring (bicyclic) bond motifs is 2. The molecule has 94 valence electrons. The number of hydrogen-bond acceptors (Lipinski definition) is 3. The Morgan fingerprint density at radius 1 is 1.00 bits per heavy atom. The van der Waals surface area contributed by atoms with Gasteiger partial charge in [0.2, 0.25) is 0 Å². The molecule has 0 spiro atoms. The third kappa shape index (κ3) is 2.03. The van der Waals surface area contributed by atoms with Crippen LogP contribution in [0.1, 0.15) is 13.3 Å². The van der Waals surface area contributed by atoms with E-state index in [1.54, 1.807) is 6.92 Å². The van der Waals surface area contributed by atoms with Crippen molar-refractivity contribution in [2.75, 3.05) is 0 Å². The van der Waals surface area contributed by atoms with E-state index in [9.17, 15) is 4.79 Å². The molecule has 1 heterocycles. The summed E-state index contributed by atoms with van der Waals surface area (Å²) in [5, 5.41) is 1.73. The fraction of sp³-hybridized carbons (Fsp3) is 0.125. The molecule has 0 saturated heterocycles. The topological polar surface area (TPSA) is 39.2 Å². The molecule has 0 saturated carbocycles. The average molecular weight is 251 g/mol. The van der Waals surface area contributed by atoms with E-state index in [1.807, 2.05) is 48.5 Å². The van der Waals surface area contributed by atoms with E-state index < -0.39 is 0 Å². The zero-order valence-electron chi connectivity index (χ0n) is 10.6. The predicted molar refractivity (Wildman–Crippen MR) is 75.2 cm³/mol. The Bertz CT molecular complexity index is 711. The third-order valence-corrected chi connectivity index (χ3v) is 3.04. The van der Waals surface area contributed by atoms with Crippen molar-refractivity contribution in [3.63, 3.8) is 0 Å². The molecule has 0 aliphatic rings. The number of ether oxygens (including phenoxy) is 1. The van der Waals surface area contributed by atoms with E-state index in [0.717, 1.165) is 21.8 Å². The van der Waals surface area contributed by atoms with Crippen LogP contribution in [0.3, 0.4) is 0 Å². The van der Waals surface area contributed by atoms with Gasteiger partial charge in [-0.15, -0.1) is 0 Å². The predicted octanol–water partition coefficient (Wildman–Crippen LogP) is 3.70. The van der Waals surface area contributed by atoms with Crippen molar-refractivity contribution < 1.29 is 9.53 Å².